The van der Waals surface area contributed by atoms with E-state index >= 15 is 0 Å². The van der Waals surface area contributed by atoms with Gasteiger partial charge in [-0.15, -0.1) is 0 Å². The van der Waals surface area contributed by atoms with Gasteiger partial charge >= 0.3 is 5.97 Å². The maximum absolute atomic E-state index is 12.2. The van der Waals surface area contributed by atoms with Crippen molar-refractivity contribution in [3.63, 3.8) is 0 Å². The fraction of sp³-hybridized carbons (Fsp3) is 0.500. The van der Waals surface area contributed by atoms with Crippen molar-refractivity contribution in [3.05, 3.63) is 29.8 Å². The lowest BCUT2D eigenvalue weighted by molar-refractivity contribution is -0.127. The van der Waals surface area contributed by atoms with Crippen molar-refractivity contribution < 1.29 is 18.5 Å². The fourth-order valence-electron chi connectivity index (χ4n) is 1.81. The standard InChI is InChI=1S/C16H27NO4Si2/c1-19-17-15(16(18)21-23(5,6)7)12-13-8-10-14(11-9-13)20-22(2,3)4/h8-11H,12H2,1-7H3. The molecule has 128 valence electrons. The molecule has 0 amide bonds. The summed E-state index contributed by atoms with van der Waals surface area (Å²) in [5.41, 5.74) is 1.23. The van der Waals surface area contributed by atoms with Crippen LogP contribution < -0.4 is 4.43 Å². The van der Waals surface area contributed by atoms with Gasteiger partial charge in [0.15, 0.2) is 5.71 Å². The molecular formula is C16H27NO4Si2. The zero-order valence-corrected chi connectivity index (χ0v) is 17.1. The first kappa shape index (κ1) is 19.4. The van der Waals surface area contributed by atoms with E-state index in [2.05, 4.69) is 24.8 Å². The minimum Gasteiger partial charge on any atom is -0.544 e. The minimum atomic E-state index is -1.97. The van der Waals surface area contributed by atoms with Crippen molar-refractivity contribution in [1.82, 2.24) is 0 Å². The third kappa shape index (κ3) is 7.99. The van der Waals surface area contributed by atoms with Crippen molar-refractivity contribution in [1.29, 1.82) is 0 Å². The Morgan fingerprint density at radius 1 is 1.00 bits per heavy atom. The van der Waals surface area contributed by atoms with E-state index in [4.69, 9.17) is 13.7 Å². The normalized spacial score (nSPS) is 12.7. The van der Waals surface area contributed by atoms with Gasteiger partial charge in [-0.05, 0) is 57.0 Å². The minimum absolute atomic E-state index is 0.272. The summed E-state index contributed by atoms with van der Waals surface area (Å²) in [6.45, 7) is 12.3. The van der Waals surface area contributed by atoms with Crippen LogP contribution in [0.15, 0.2) is 29.4 Å². The predicted molar refractivity (Wildman–Crippen MR) is 98.0 cm³/mol. The molecule has 0 saturated carbocycles. The van der Waals surface area contributed by atoms with Crippen LogP contribution in [0.4, 0.5) is 0 Å². The van der Waals surface area contributed by atoms with E-state index in [-0.39, 0.29) is 5.71 Å². The van der Waals surface area contributed by atoms with Crippen LogP contribution in [0, 0.1) is 0 Å². The summed E-state index contributed by atoms with van der Waals surface area (Å²) < 4.78 is 11.4. The largest absolute Gasteiger partial charge is 0.544 e. The quantitative estimate of drug-likeness (QED) is 0.425. The molecule has 0 aromatic heterocycles. The van der Waals surface area contributed by atoms with E-state index < -0.39 is 22.6 Å². The average Bonchev–Trinajstić information content (AvgIpc) is 2.36. The summed E-state index contributed by atoms with van der Waals surface area (Å²) in [6, 6.07) is 7.70. The lowest BCUT2D eigenvalue weighted by Gasteiger charge is -2.19. The number of carbonyl (C=O) groups excluding carboxylic acids is 1. The van der Waals surface area contributed by atoms with E-state index in [0.29, 0.717) is 6.42 Å². The van der Waals surface area contributed by atoms with Crippen LogP contribution in [0.1, 0.15) is 5.56 Å². The highest BCUT2D eigenvalue weighted by molar-refractivity contribution is 6.72. The number of nitrogens with zero attached hydrogens (tertiary/aromatic N) is 1. The molecule has 1 aromatic carbocycles. The summed E-state index contributed by atoms with van der Waals surface area (Å²) in [4.78, 5) is 17.0. The SMILES string of the molecule is CON=C(Cc1ccc(O[Si](C)(C)C)cc1)C(=O)O[Si](C)(C)C. The molecule has 0 aliphatic carbocycles. The van der Waals surface area contributed by atoms with Crippen LogP contribution >= 0.6 is 0 Å². The Bertz CT molecular complexity index is 557. The third-order valence-electron chi connectivity index (χ3n) is 2.55. The number of rotatable bonds is 7. The van der Waals surface area contributed by atoms with Gasteiger partial charge in [0.25, 0.3) is 0 Å². The van der Waals surface area contributed by atoms with Crippen LogP contribution in [0.3, 0.4) is 0 Å². The van der Waals surface area contributed by atoms with E-state index in [1.165, 1.54) is 7.11 Å². The van der Waals surface area contributed by atoms with E-state index in [1.807, 2.05) is 43.9 Å². The van der Waals surface area contributed by atoms with Gasteiger partial charge in [0.1, 0.15) is 12.9 Å². The van der Waals surface area contributed by atoms with Crippen molar-refractivity contribution in [2.24, 2.45) is 5.16 Å². The van der Waals surface area contributed by atoms with Gasteiger partial charge in [0.05, 0.1) is 0 Å². The van der Waals surface area contributed by atoms with Crippen molar-refractivity contribution >= 4 is 28.3 Å². The first-order valence-electron chi connectivity index (χ1n) is 7.61. The van der Waals surface area contributed by atoms with Gasteiger partial charge in [-0.1, -0.05) is 17.3 Å². The van der Waals surface area contributed by atoms with Gasteiger partial charge in [-0.3, -0.25) is 0 Å². The number of hydrogen-bond donors (Lipinski definition) is 0. The fourth-order valence-corrected chi connectivity index (χ4v) is 3.33. The third-order valence-corrected chi connectivity index (χ3v) is 4.20. The molecule has 0 N–H and O–H groups in total. The van der Waals surface area contributed by atoms with Crippen LogP contribution in [0.5, 0.6) is 5.75 Å². The van der Waals surface area contributed by atoms with Gasteiger partial charge < -0.3 is 13.7 Å². The lowest BCUT2D eigenvalue weighted by Crippen LogP contribution is -2.34. The summed E-state index contributed by atoms with van der Waals surface area (Å²) in [5, 5.41) is 3.83. The summed E-state index contributed by atoms with van der Waals surface area (Å²) in [5.74, 6) is 0.441. The molecule has 0 radical (unpaired) electrons. The smallest absolute Gasteiger partial charge is 0.343 e. The van der Waals surface area contributed by atoms with Crippen molar-refractivity contribution in [2.75, 3.05) is 7.11 Å². The van der Waals surface area contributed by atoms with E-state index in [9.17, 15) is 4.79 Å². The number of carbonyl (C=O) groups is 1. The molecule has 1 rings (SSSR count). The molecule has 0 aliphatic rings. The molecule has 0 bridgehead atoms. The first-order valence-corrected chi connectivity index (χ1v) is 14.4. The maximum atomic E-state index is 12.2. The highest BCUT2D eigenvalue weighted by Gasteiger charge is 2.24. The number of oxime groups is 1. The number of benzene rings is 1. The van der Waals surface area contributed by atoms with Crippen LogP contribution in [-0.4, -0.2) is 35.4 Å². The molecule has 0 unspecified atom stereocenters. The molecule has 7 heteroatoms. The Hall–Kier alpha value is -1.61. The molecule has 5 nitrogen and oxygen atoms in total. The van der Waals surface area contributed by atoms with Crippen LogP contribution in [0.25, 0.3) is 0 Å². The Morgan fingerprint density at radius 2 is 1.57 bits per heavy atom. The molecule has 0 aliphatic heterocycles. The summed E-state index contributed by atoms with van der Waals surface area (Å²) >= 11 is 0. The van der Waals surface area contributed by atoms with Crippen LogP contribution in [0.2, 0.25) is 39.3 Å². The van der Waals surface area contributed by atoms with Crippen molar-refractivity contribution in [2.45, 2.75) is 45.7 Å². The molecule has 0 atom stereocenters. The summed E-state index contributed by atoms with van der Waals surface area (Å²) in [6.07, 6.45) is 0.365. The van der Waals surface area contributed by atoms with Crippen LogP contribution in [-0.2, 0) is 20.5 Å². The molecule has 0 saturated heterocycles. The molecule has 0 heterocycles. The molecular weight excluding hydrogens is 326 g/mol. The number of hydrogen-bond acceptors (Lipinski definition) is 5. The molecule has 0 fully saturated rings. The topological polar surface area (TPSA) is 57.1 Å². The van der Waals surface area contributed by atoms with E-state index in [0.717, 1.165) is 11.3 Å². The zero-order chi connectivity index (χ0) is 17.7. The first-order chi connectivity index (χ1) is 10.5. The van der Waals surface area contributed by atoms with Gasteiger partial charge in [0.2, 0.25) is 16.6 Å². The Balaban J connectivity index is 2.82. The second-order valence-corrected chi connectivity index (χ2v) is 16.1. The molecule has 1 aromatic rings. The Labute approximate surface area is 140 Å². The van der Waals surface area contributed by atoms with E-state index in [1.54, 1.807) is 0 Å². The predicted octanol–water partition coefficient (Wildman–Crippen LogP) is 3.82. The van der Waals surface area contributed by atoms with Crippen molar-refractivity contribution in [3.8, 4) is 5.75 Å². The summed E-state index contributed by atoms with van der Waals surface area (Å²) in [7, 11) is -2.16. The second kappa shape index (κ2) is 7.78. The average molecular weight is 354 g/mol. The second-order valence-electron chi connectivity index (χ2n) is 7.26. The van der Waals surface area contributed by atoms with Gasteiger partial charge in [-0.25, -0.2) is 4.79 Å². The highest BCUT2D eigenvalue weighted by atomic mass is 28.4. The zero-order valence-electron chi connectivity index (χ0n) is 15.1. The lowest BCUT2D eigenvalue weighted by atomic mass is 10.1. The highest BCUT2D eigenvalue weighted by Crippen LogP contribution is 2.17. The monoisotopic (exact) mass is 353 g/mol. The maximum Gasteiger partial charge on any atom is 0.343 e. The Morgan fingerprint density at radius 3 is 2.00 bits per heavy atom. The van der Waals surface area contributed by atoms with Gasteiger partial charge in [0, 0.05) is 6.42 Å². The molecule has 23 heavy (non-hydrogen) atoms. The van der Waals surface area contributed by atoms with Gasteiger partial charge in [-0.2, -0.15) is 0 Å². The Kier molecular flexibility index (Phi) is 6.58. The molecule has 0 spiro atoms.